The second kappa shape index (κ2) is 8.88. The van der Waals surface area contributed by atoms with Crippen molar-refractivity contribution in [1.82, 2.24) is 9.99 Å². The van der Waals surface area contributed by atoms with Crippen molar-refractivity contribution in [2.75, 3.05) is 7.11 Å². The lowest BCUT2D eigenvalue weighted by molar-refractivity contribution is -0.121. The zero-order valence-electron chi connectivity index (χ0n) is 16.6. The standard InChI is InChI=1S/C23H19Cl2N3O3/c1-31-22-10-14(2-7-21(22)29)13-26-27-23(30)8-9-28-19-5-3-15(24)11-17(19)18-12-16(25)4-6-20(18)28/h2-7,10-13,29H,8-9H2,1H3,(H,27,30). The van der Waals surface area contributed by atoms with Crippen LogP contribution in [0.25, 0.3) is 21.8 Å². The number of halogens is 2. The molecule has 0 aliphatic carbocycles. The Morgan fingerprint density at radius 3 is 2.32 bits per heavy atom. The molecule has 158 valence electrons. The van der Waals surface area contributed by atoms with Crippen molar-refractivity contribution in [3.8, 4) is 11.5 Å². The SMILES string of the molecule is COc1cc(C=NNC(=O)CCn2c3ccc(Cl)cc3c3cc(Cl)ccc32)ccc1O. The van der Waals surface area contributed by atoms with Crippen molar-refractivity contribution < 1.29 is 14.6 Å². The normalized spacial score (nSPS) is 11.5. The molecule has 1 aromatic heterocycles. The number of aromatic hydroxyl groups is 1. The third kappa shape index (κ3) is 4.45. The number of fused-ring (bicyclic) bond motifs is 3. The summed E-state index contributed by atoms with van der Waals surface area (Å²) in [6.07, 6.45) is 1.73. The maximum atomic E-state index is 12.3. The fraction of sp³-hybridized carbons (Fsp3) is 0.130. The lowest BCUT2D eigenvalue weighted by atomic mass is 10.1. The van der Waals surface area contributed by atoms with Crippen LogP contribution in [0.5, 0.6) is 11.5 Å². The summed E-state index contributed by atoms with van der Waals surface area (Å²) in [5.41, 5.74) is 5.18. The van der Waals surface area contributed by atoms with Crippen LogP contribution in [0.3, 0.4) is 0 Å². The predicted octanol–water partition coefficient (Wildman–Crippen LogP) is 5.36. The predicted molar refractivity (Wildman–Crippen MR) is 124 cm³/mol. The molecule has 0 unspecified atom stereocenters. The van der Waals surface area contributed by atoms with Gasteiger partial charge in [0.15, 0.2) is 11.5 Å². The number of aryl methyl sites for hydroxylation is 1. The summed E-state index contributed by atoms with van der Waals surface area (Å²) >= 11 is 12.4. The summed E-state index contributed by atoms with van der Waals surface area (Å²) in [4.78, 5) is 12.3. The van der Waals surface area contributed by atoms with E-state index >= 15 is 0 Å². The van der Waals surface area contributed by atoms with Gasteiger partial charge in [0.1, 0.15) is 0 Å². The lowest BCUT2D eigenvalue weighted by Gasteiger charge is -2.07. The first-order valence-corrected chi connectivity index (χ1v) is 10.3. The highest BCUT2D eigenvalue weighted by Crippen LogP contribution is 2.33. The number of hydrogen-bond acceptors (Lipinski definition) is 4. The number of rotatable bonds is 6. The van der Waals surface area contributed by atoms with Gasteiger partial charge in [-0.15, -0.1) is 0 Å². The number of nitrogens with one attached hydrogen (secondary N) is 1. The summed E-state index contributed by atoms with van der Waals surface area (Å²) in [6, 6.07) is 16.2. The van der Waals surface area contributed by atoms with Crippen LogP contribution in [0.4, 0.5) is 0 Å². The van der Waals surface area contributed by atoms with Crippen LogP contribution >= 0.6 is 23.2 Å². The molecular formula is C23H19Cl2N3O3. The van der Waals surface area contributed by atoms with Gasteiger partial charge in [-0.05, 0) is 60.2 Å². The highest BCUT2D eigenvalue weighted by Gasteiger charge is 2.13. The molecule has 4 aromatic rings. The molecule has 2 N–H and O–H groups in total. The Bertz CT molecular complexity index is 1260. The second-order valence-electron chi connectivity index (χ2n) is 6.95. The van der Waals surface area contributed by atoms with Gasteiger partial charge in [-0.3, -0.25) is 4.79 Å². The van der Waals surface area contributed by atoms with E-state index < -0.39 is 0 Å². The molecule has 0 aliphatic heterocycles. The number of phenols is 1. The van der Waals surface area contributed by atoms with E-state index in [9.17, 15) is 9.90 Å². The van der Waals surface area contributed by atoms with Crippen molar-refractivity contribution in [2.24, 2.45) is 5.10 Å². The molecule has 1 heterocycles. The molecule has 0 saturated heterocycles. The number of phenolic OH excluding ortho intramolecular Hbond substituents is 1. The van der Waals surface area contributed by atoms with Crippen molar-refractivity contribution in [1.29, 1.82) is 0 Å². The molecule has 0 radical (unpaired) electrons. The highest BCUT2D eigenvalue weighted by atomic mass is 35.5. The molecular weight excluding hydrogens is 437 g/mol. The fourth-order valence-electron chi connectivity index (χ4n) is 3.51. The largest absolute Gasteiger partial charge is 0.504 e. The van der Waals surface area contributed by atoms with Crippen LogP contribution in [0, 0.1) is 0 Å². The minimum Gasteiger partial charge on any atom is -0.504 e. The number of hydrogen-bond donors (Lipinski definition) is 2. The minimum absolute atomic E-state index is 0.0393. The van der Waals surface area contributed by atoms with Crippen LogP contribution in [0.1, 0.15) is 12.0 Å². The Balaban J connectivity index is 1.49. The number of hydrazone groups is 1. The third-order valence-electron chi connectivity index (χ3n) is 4.96. The summed E-state index contributed by atoms with van der Waals surface area (Å²) in [6.45, 7) is 0.470. The molecule has 0 aliphatic rings. The number of carbonyl (C=O) groups excluding carboxylic acids is 1. The van der Waals surface area contributed by atoms with Gasteiger partial charge in [0.05, 0.1) is 13.3 Å². The Hall–Kier alpha value is -3.22. The van der Waals surface area contributed by atoms with Gasteiger partial charge in [-0.1, -0.05) is 23.2 Å². The summed E-state index contributed by atoms with van der Waals surface area (Å²) in [5, 5.41) is 16.9. The first-order valence-electron chi connectivity index (χ1n) is 9.52. The second-order valence-corrected chi connectivity index (χ2v) is 7.82. The number of benzene rings is 3. The summed E-state index contributed by atoms with van der Waals surface area (Å²) in [5.74, 6) is 0.152. The van der Waals surface area contributed by atoms with E-state index in [1.165, 1.54) is 19.4 Å². The summed E-state index contributed by atoms with van der Waals surface area (Å²) in [7, 11) is 1.47. The van der Waals surface area contributed by atoms with E-state index in [4.69, 9.17) is 27.9 Å². The number of ether oxygens (including phenoxy) is 1. The first-order chi connectivity index (χ1) is 15.0. The van der Waals surface area contributed by atoms with Crippen LogP contribution in [-0.4, -0.2) is 28.9 Å². The fourth-order valence-corrected chi connectivity index (χ4v) is 3.86. The van der Waals surface area contributed by atoms with E-state index in [0.717, 1.165) is 21.8 Å². The Morgan fingerprint density at radius 1 is 1.06 bits per heavy atom. The average molecular weight is 456 g/mol. The minimum atomic E-state index is -0.222. The van der Waals surface area contributed by atoms with E-state index in [0.29, 0.717) is 27.9 Å². The van der Waals surface area contributed by atoms with Crippen LogP contribution in [0.15, 0.2) is 59.7 Å². The zero-order valence-corrected chi connectivity index (χ0v) is 18.1. The first kappa shape index (κ1) is 21.0. The van der Waals surface area contributed by atoms with E-state index in [2.05, 4.69) is 15.1 Å². The molecule has 0 saturated carbocycles. The molecule has 31 heavy (non-hydrogen) atoms. The van der Waals surface area contributed by atoms with Crippen LogP contribution in [0.2, 0.25) is 10.0 Å². The zero-order chi connectivity index (χ0) is 22.0. The van der Waals surface area contributed by atoms with Gasteiger partial charge in [-0.2, -0.15) is 5.10 Å². The van der Waals surface area contributed by atoms with Gasteiger partial charge >= 0.3 is 0 Å². The topological polar surface area (TPSA) is 75.8 Å². The van der Waals surface area contributed by atoms with Crippen molar-refractivity contribution >= 4 is 57.1 Å². The van der Waals surface area contributed by atoms with Gasteiger partial charge in [-0.25, -0.2) is 5.43 Å². The third-order valence-corrected chi connectivity index (χ3v) is 5.43. The Labute approximate surface area is 188 Å². The Morgan fingerprint density at radius 2 is 1.71 bits per heavy atom. The van der Waals surface area contributed by atoms with E-state index in [1.807, 2.05) is 36.4 Å². The Kier molecular flexibility index (Phi) is 6.02. The number of amides is 1. The molecule has 1 amide bonds. The molecule has 0 fully saturated rings. The van der Waals surface area contributed by atoms with Crippen molar-refractivity contribution in [3.05, 3.63) is 70.2 Å². The van der Waals surface area contributed by atoms with Crippen LogP contribution < -0.4 is 10.2 Å². The van der Waals surface area contributed by atoms with E-state index in [-0.39, 0.29) is 18.1 Å². The van der Waals surface area contributed by atoms with Gasteiger partial charge in [0.25, 0.3) is 0 Å². The van der Waals surface area contributed by atoms with Crippen molar-refractivity contribution in [3.63, 3.8) is 0 Å². The molecule has 6 nitrogen and oxygen atoms in total. The van der Waals surface area contributed by atoms with Gasteiger partial charge in [0, 0.05) is 44.8 Å². The number of aromatic nitrogens is 1. The lowest BCUT2D eigenvalue weighted by Crippen LogP contribution is -2.19. The average Bonchev–Trinajstić information content (AvgIpc) is 3.05. The monoisotopic (exact) mass is 455 g/mol. The highest BCUT2D eigenvalue weighted by molar-refractivity contribution is 6.33. The maximum Gasteiger partial charge on any atom is 0.241 e. The molecule has 0 atom stereocenters. The quantitative estimate of drug-likeness (QED) is 0.303. The van der Waals surface area contributed by atoms with E-state index in [1.54, 1.807) is 12.1 Å². The van der Waals surface area contributed by atoms with Gasteiger partial charge in [0.2, 0.25) is 5.91 Å². The number of nitrogens with zero attached hydrogens (tertiary/aromatic N) is 2. The van der Waals surface area contributed by atoms with Gasteiger partial charge < -0.3 is 14.4 Å². The molecule has 8 heteroatoms. The van der Waals surface area contributed by atoms with Crippen molar-refractivity contribution in [2.45, 2.75) is 13.0 Å². The molecule has 0 bridgehead atoms. The maximum absolute atomic E-state index is 12.3. The summed E-state index contributed by atoms with van der Waals surface area (Å²) < 4.78 is 7.13. The molecule has 3 aromatic carbocycles. The smallest absolute Gasteiger partial charge is 0.241 e. The number of carbonyl (C=O) groups is 1. The number of methoxy groups -OCH3 is 1. The molecule has 0 spiro atoms. The molecule has 4 rings (SSSR count). The van der Waals surface area contributed by atoms with Crippen LogP contribution in [-0.2, 0) is 11.3 Å².